The fourth-order valence-corrected chi connectivity index (χ4v) is 2.78. The minimum atomic E-state index is -0.386. The number of aliphatic hydroxyl groups is 1. The minimum Gasteiger partial charge on any atom is -0.392 e. The first-order chi connectivity index (χ1) is 11.9. The van der Waals surface area contributed by atoms with Gasteiger partial charge in [-0.15, -0.1) is 24.0 Å². The highest BCUT2D eigenvalue weighted by Crippen LogP contribution is 2.11. The molecule has 0 atom stereocenters. The van der Waals surface area contributed by atoms with Crippen LogP contribution in [-0.2, 0) is 13.2 Å². The van der Waals surface area contributed by atoms with Gasteiger partial charge < -0.3 is 15.7 Å². The molecule has 0 unspecified atom stereocenters. The summed E-state index contributed by atoms with van der Waals surface area (Å²) in [6.07, 6.45) is 0. The smallest absolute Gasteiger partial charge is 0.191 e. The Labute approximate surface area is 174 Å². The molecule has 0 radical (unpaired) electrons. The first-order valence-corrected chi connectivity index (χ1v) is 9.05. The van der Waals surface area contributed by atoms with Crippen molar-refractivity contribution in [2.45, 2.75) is 59.9 Å². The lowest BCUT2D eigenvalue weighted by Crippen LogP contribution is -2.45. The average Bonchev–Trinajstić information content (AvgIpc) is 2.56. The van der Waals surface area contributed by atoms with Crippen LogP contribution in [0.3, 0.4) is 0 Å². The van der Waals surface area contributed by atoms with E-state index in [4.69, 9.17) is 5.11 Å². The van der Waals surface area contributed by atoms with E-state index < -0.39 is 0 Å². The summed E-state index contributed by atoms with van der Waals surface area (Å²) in [5, 5.41) is 15.7. The van der Waals surface area contributed by atoms with Crippen LogP contribution in [-0.4, -0.2) is 47.7 Å². The van der Waals surface area contributed by atoms with Crippen LogP contribution in [0.5, 0.6) is 0 Å². The van der Waals surface area contributed by atoms with Crippen molar-refractivity contribution >= 4 is 29.9 Å². The second kappa shape index (κ2) is 13.3. The molecule has 5 nitrogen and oxygen atoms in total. The molecule has 0 aromatic heterocycles. The molecule has 0 spiro atoms. The maximum atomic E-state index is 13.4. The summed E-state index contributed by atoms with van der Waals surface area (Å²) in [7, 11) is 0. The van der Waals surface area contributed by atoms with Crippen molar-refractivity contribution in [3.8, 4) is 0 Å². The monoisotopic (exact) mass is 480 g/mol. The highest BCUT2D eigenvalue weighted by Gasteiger charge is 2.12. The number of guanidine groups is 1. The third-order valence-electron chi connectivity index (χ3n) is 4.03. The van der Waals surface area contributed by atoms with Crippen molar-refractivity contribution in [2.75, 3.05) is 19.6 Å². The molecular weight excluding hydrogens is 446 g/mol. The van der Waals surface area contributed by atoms with Crippen LogP contribution in [0.4, 0.5) is 4.39 Å². The molecule has 150 valence electrons. The molecule has 0 heterocycles. The van der Waals surface area contributed by atoms with Crippen molar-refractivity contribution in [3.05, 3.63) is 35.1 Å². The molecule has 3 N–H and O–H groups in total. The van der Waals surface area contributed by atoms with E-state index in [0.717, 1.165) is 31.2 Å². The van der Waals surface area contributed by atoms with Crippen molar-refractivity contribution in [3.63, 3.8) is 0 Å². The fraction of sp³-hybridized carbons (Fsp3) is 0.632. The zero-order valence-corrected chi connectivity index (χ0v) is 18.9. The lowest BCUT2D eigenvalue weighted by Gasteiger charge is -2.30. The number of halogens is 2. The molecule has 26 heavy (non-hydrogen) atoms. The zero-order chi connectivity index (χ0) is 18.8. The molecular formula is C19H34FIN4O. The molecule has 1 aromatic rings. The van der Waals surface area contributed by atoms with E-state index >= 15 is 0 Å². The second-order valence-corrected chi connectivity index (χ2v) is 6.63. The number of benzene rings is 1. The highest BCUT2D eigenvalue weighted by atomic mass is 127. The van der Waals surface area contributed by atoms with E-state index in [-0.39, 0.29) is 36.4 Å². The van der Waals surface area contributed by atoms with Gasteiger partial charge in [0, 0.05) is 37.3 Å². The lowest BCUT2D eigenvalue weighted by atomic mass is 10.1. The Balaban J connectivity index is 0.00000625. The summed E-state index contributed by atoms with van der Waals surface area (Å²) < 4.78 is 13.4. The summed E-state index contributed by atoms with van der Waals surface area (Å²) in [6.45, 7) is 13.5. The molecule has 0 aliphatic carbocycles. The molecule has 0 amide bonds. The summed E-state index contributed by atoms with van der Waals surface area (Å²) in [4.78, 5) is 6.97. The van der Waals surface area contributed by atoms with Gasteiger partial charge >= 0.3 is 0 Å². The van der Waals surface area contributed by atoms with Crippen LogP contribution in [0.25, 0.3) is 0 Å². The van der Waals surface area contributed by atoms with E-state index in [0.29, 0.717) is 24.2 Å². The number of hydrogen-bond donors (Lipinski definition) is 3. The van der Waals surface area contributed by atoms with E-state index in [2.05, 4.69) is 48.2 Å². The Hall–Kier alpha value is -0.930. The van der Waals surface area contributed by atoms with Gasteiger partial charge in [0.15, 0.2) is 5.96 Å². The number of nitrogens with zero attached hydrogens (tertiary/aromatic N) is 2. The number of aliphatic imine (C=N–C) groups is 1. The fourth-order valence-electron chi connectivity index (χ4n) is 2.78. The lowest BCUT2D eigenvalue weighted by molar-refractivity contribution is 0.178. The summed E-state index contributed by atoms with van der Waals surface area (Å²) in [5.41, 5.74) is 1.17. The van der Waals surface area contributed by atoms with Gasteiger partial charge in [-0.25, -0.2) is 9.38 Å². The Morgan fingerprint density at radius 3 is 2.38 bits per heavy atom. The van der Waals surface area contributed by atoms with Crippen molar-refractivity contribution < 1.29 is 9.50 Å². The van der Waals surface area contributed by atoms with Crippen LogP contribution in [0.1, 0.15) is 45.7 Å². The van der Waals surface area contributed by atoms with Crippen molar-refractivity contribution in [1.82, 2.24) is 15.5 Å². The van der Waals surface area contributed by atoms with E-state index in [9.17, 15) is 4.39 Å². The van der Waals surface area contributed by atoms with Gasteiger partial charge in [0.1, 0.15) is 5.82 Å². The minimum absolute atomic E-state index is 0. The van der Waals surface area contributed by atoms with Gasteiger partial charge in [-0.2, -0.15) is 0 Å². The normalized spacial score (nSPS) is 11.8. The third-order valence-corrected chi connectivity index (χ3v) is 4.03. The molecule has 1 rings (SSSR count). The zero-order valence-electron chi connectivity index (χ0n) is 16.6. The first-order valence-electron chi connectivity index (χ1n) is 9.05. The molecule has 7 heteroatoms. The largest absolute Gasteiger partial charge is 0.392 e. The maximum absolute atomic E-state index is 13.4. The van der Waals surface area contributed by atoms with E-state index in [1.807, 2.05) is 6.92 Å². The van der Waals surface area contributed by atoms with Gasteiger partial charge in [-0.1, -0.05) is 6.07 Å². The molecule has 0 saturated heterocycles. The third kappa shape index (κ3) is 8.64. The number of aliphatic hydroxyl groups excluding tert-OH is 1. The average molecular weight is 480 g/mol. The quantitative estimate of drug-likeness (QED) is 0.289. The number of hydrogen-bond acceptors (Lipinski definition) is 3. The topological polar surface area (TPSA) is 59.9 Å². The van der Waals surface area contributed by atoms with Crippen molar-refractivity contribution in [1.29, 1.82) is 0 Å². The highest BCUT2D eigenvalue weighted by molar-refractivity contribution is 14.0. The predicted octanol–water partition coefficient (Wildman–Crippen LogP) is 3.11. The SMILES string of the molecule is CCNC(=NCc1ccc(F)c(CO)c1)NCCN(C(C)C)C(C)C.I. The molecule has 0 aliphatic rings. The Bertz CT molecular complexity index is 544. The Kier molecular flexibility index (Phi) is 12.8. The van der Waals surface area contributed by atoms with Crippen LogP contribution < -0.4 is 10.6 Å². The molecule has 0 saturated carbocycles. The van der Waals surface area contributed by atoms with E-state index in [1.54, 1.807) is 12.1 Å². The van der Waals surface area contributed by atoms with Gasteiger partial charge in [0.05, 0.1) is 13.2 Å². The van der Waals surface area contributed by atoms with Crippen LogP contribution in [0.2, 0.25) is 0 Å². The summed E-state index contributed by atoms with van der Waals surface area (Å²) in [6, 6.07) is 5.72. The van der Waals surface area contributed by atoms with Gasteiger partial charge in [-0.3, -0.25) is 4.90 Å². The van der Waals surface area contributed by atoms with Gasteiger partial charge in [0.25, 0.3) is 0 Å². The van der Waals surface area contributed by atoms with E-state index in [1.165, 1.54) is 6.07 Å². The number of nitrogens with one attached hydrogen (secondary N) is 2. The summed E-state index contributed by atoms with van der Waals surface area (Å²) >= 11 is 0. The Morgan fingerprint density at radius 1 is 1.19 bits per heavy atom. The molecule has 1 aromatic carbocycles. The molecule has 0 fully saturated rings. The Morgan fingerprint density at radius 2 is 1.85 bits per heavy atom. The summed E-state index contributed by atoms with van der Waals surface area (Å²) in [5.74, 6) is 0.354. The van der Waals surface area contributed by atoms with Crippen LogP contribution in [0, 0.1) is 5.82 Å². The predicted molar refractivity (Wildman–Crippen MR) is 118 cm³/mol. The molecule has 0 aliphatic heterocycles. The maximum Gasteiger partial charge on any atom is 0.191 e. The second-order valence-electron chi connectivity index (χ2n) is 6.63. The number of rotatable bonds is 9. The standard InChI is InChI=1S/C19H33FN4O.HI/c1-6-21-19(22-9-10-24(14(2)3)15(4)5)23-12-16-7-8-18(20)17(11-16)13-25;/h7-8,11,14-15,25H,6,9-10,12-13H2,1-5H3,(H2,21,22,23);1H. The van der Waals surface area contributed by atoms with Gasteiger partial charge in [0.2, 0.25) is 0 Å². The van der Waals surface area contributed by atoms with Gasteiger partial charge in [-0.05, 0) is 52.3 Å². The van der Waals surface area contributed by atoms with Crippen LogP contribution >= 0.6 is 24.0 Å². The molecule has 0 bridgehead atoms. The van der Waals surface area contributed by atoms with Crippen LogP contribution in [0.15, 0.2) is 23.2 Å². The van der Waals surface area contributed by atoms with Crippen molar-refractivity contribution in [2.24, 2.45) is 4.99 Å². The first kappa shape index (κ1) is 25.1.